The highest BCUT2D eigenvalue weighted by Gasteiger charge is 2.51. The number of nitriles is 2. The van der Waals surface area contributed by atoms with Crippen LogP contribution in [0.5, 0.6) is 0 Å². The van der Waals surface area contributed by atoms with E-state index >= 15 is 0 Å². The maximum Gasteiger partial charge on any atom is 0.329 e. The molecule has 0 aliphatic carbocycles. The number of pyridine rings is 1. The number of benzene rings is 2. The zero-order chi connectivity index (χ0) is 26.3. The van der Waals surface area contributed by atoms with Crippen molar-refractivity contribution in [1.82, 2.24) is 15.2 Å². The molecule has 2 N–H and O–H groups in total. The highest BCUT2D eigenvalue weighted by molar-refractivity contribution is 6.24. The van der Waals surface area contributed by atoms with Crippen LogP contribution in [0.3, 0.4) is 0 Å². The maximum absolute atomic E-state index is 13.7. The molecule has 0 spiro atoms. The molecule has 2 aliphatic rings. The van der Waals surface area contributed by atoms with Gasteiger partial charge in [-0.3, -0.25) is 9.78 Å². The van der Waals surface area contributed by atoms with E-state index in [0.717, 1.165) is 4.90 Å². The van der Waals surface area contributed by atoms with Crippen molar-refractivity contribution < 1.29 is 14.4 Å². The van der Waals surface area contributed by atoms with Crippen LogP contribution in [0.4, 0.5) is 21.0 Å². The zero-order valence-electron chi connectivity index (χ0n) is 20.2. The predicted octanol–water partition coefficient (Wildman–Crippen LogP) is 3.74. The van der Waals surface area contributed by atoms with Gasteiger partial charge in [-0.25, -0.2) is 14.5 Å². The summed E-state index contributed by atoms with van der Waals surface area (Å²) in [4.78, 5) is 47.0. The Morgan fingerprint density at radius 3 is 2.57 bits per heavy atom. The number of nitrogens with one attached hydrogen (secondary N) is 2. The van der Waals surface area contributed by atoms with Crippen molar-refractivity contribution in [3.05, 3.63) is 65.9 Å². The number of likely N-dealkylation sites (tertiary alicyclic amines) is 1. The van der Waals surface area contributed by atoms with Crippen LogP contribution >= 0.6 is 0 Å². The third-order valence-corrected chi connectivity index (χ3v) is 6.75. The molecule has 184 valence electrons. The first-order chi connectivity index (χ1) is 17.7. The van der Waals surface area contributed by atoms with Crippen molar-refractivity contribution in [3.63, 3.8) is 0 Å². The molecule has 0 radical (unpaired) electrons. The number of carbonyl (C=O) groups excluding carboxylic acids is 3. The number of carbonyl (C=O) groups is 3. The Kier molecular flexibility index (Phi) is 5.73. The average Bonchev–Trinajstić information content (AvgIpc) is 3.38. The lowest BCUT2D eigenvalue weighted by atomic mass is 9.88. The van der Waals surface area contributed by atoms with Crippen LogP contribution in [0.15, 0.2) is 54.7 Å². The Morgan fingerprint density at radius 1 is 1.11 bits per heavy atom. The van der Waals surface area contributed by atoms with Gasteiger partial charge in [-0.1, -0.05) is 13.8 Å². The van der Waals surface area contributed by atoms with E-state index < -0.39 is 30.1 Å². The molecule has 0 bridgehead atoms. The fourth-order valence-corrected chi connectivity index (χ4v) is 5.09. The molecule has 10 nitrogen and oxygen atoms in total. The Labute approximate surface area is 213 Å². The summed E-state index contributed by atoms with van der Waals surface area (Å²) < 4.78 is 0. The smallest absolute Gasteiger partial charge is 0.323 e. The molecule has 0 saturated carbocycles. The van der Waals surface area contributed by atoms with Crippen molar-refractivity contribution in [2.75, 3.05) is 16.8 Å². The third kappa shape index (κ3) is 4.19. The van der Waals surface area contributed by atoms with E-state index in [9.17, 15) is 19.6 Å². The van der Waals surface area contributed by atoms with Crippen LogP contribution in [-0.2, 0) is 4.79 Å². The van der Waals surface area contributed by atoms with Gasteiger partial charge < -0.3 is 15.5 Å². The maximum atomic E-state index is 13.7. The summed E-state index contributed by atoms with van der Waals surface area (Å²) >= 11 is 0. The molecule has 2 saturated heterocycles. The highest BCUT2D eigenvalue weighted by atomic mass is 16.2. The van der Waals surface area contributed by atoms with E-state index in [1.165, 1.54) is 6.07 Å². The second kappa shape index (κ2) is 8.92. The molecule has 1 aromatic heterocycles. The number of urea groups is 2. The normalized spacial score (nSPS) is 20.4. The molecule has 1 unspecified atom stereocenters. The molecule has 2 atom stereocenters. The Hall–Kier alpha value is -4.96. The first-order valence-electron chi connectivity index (χ1n) is 11.7. The molecule has 2 aliphatic heterocycles. The molecule has 2 aromatic carbocycles. The molecule has 3 aromatic rings. The van der Waals surface area contributed by atoms with E-state index in [0.29, 0.717) is 46.4 Å². The quantitative estimate of drug-likeness (QED) is 0.532. The van der Waals surface area contributed by atoms with Gasteiger partial charge in [-0.2, -0.15) is 10.5 Å². The van der Waals surface area contributed by atoms with Crippen molar-refractivity contribution in [1.29, 1.82) is 10.5 Å². The van der Waals surface area contributed by atoms with Crippen LogP contribution in [0, 0.1) is 28.1 Å². The standard InChI is InChI=1S/C27H23N7O3/c1-27(2)12-21(33(15-27)25(36)31-18-8-5-16(13-28)6-9-18)23-24(35)34(26(37)32-23)20-10-7-17(14-29)22-19(20)4-3-11-30-22/h3-11,21,23H,12,15H2,1-2H3,(H,31,36)(H,32,37)/t21?,23-/m0/s1. The number of rotatable bonds is 3. The van der Waals surface area contributed by atoms with Gasteiger partial charge >= 0.3 is 12.1 Å². The number of imide groups is 1. The largest absolute Gasteiger partial charge is 0.329 e. The van der Waals surface area contributed by atoms with E-state index in [1.54, 1.807) is 53.6 Å². The summed E-state index contributed by atoms with van der Waals surface area (Å²) in [5.74, 6) is -0.473. The molecule has 5 rings (SSSR count). The monoisotopic (exact) mass is 493 g/mol. The molecule has 10 heteroatoms. The molecule has 3 heterocycles. The number of aromatic nitrogens is 1. The van der Waals surface area contributed by atoms with Crippen LogP contribution < -0.4 is 15.5 Å². The highest BCUT2D eigenvalue weighted by Crippen LogP contribution is 2.38. The summed E-state index contributed by atoms with van der Waals surface area (Å²) in [5, 5.41) is 24.6. The van der Waals surface area contributed by atoms with Crippen LogP contribution in [-0.4, -0.2) is 46.5 Å². The minimum atomic E-state index is -0.941. The Bertz CT molecular complexity index is 1520. The molecule has 5 amide bonds. The van der Waals surface area contributed by atoms with Crippen molar-refractivity contribution in [2.45, 2.75) is 32.4 Å². The number of fused-ring (bicyclic) bond motifs is 1. The van der Waals surface area contributed by atoms with Gasteiger partial charge in [0.25, 0.3) is 5.91 Å². The molecular weight excluding hydrogens is 470 g/mol. The number of anilines is 2. The van der Waals surface area contributed by atoms with Gasteiger partial charge in [-0.05, 0) is 60.4 Å². The lowest BCUT2D eigenvalue weighted by Crippen LogP contribution is -2.51. The number of amides is 5. The lowest BCUT2D eigenvalue weighted by molar-refractivity contribution is -0.119. The first kappa shape index (κ1) is 23.8. The van der Waals surface area contributed by atoms with Crippen LogP contribution in [0.25, 0.3) is 10.9 Å². The Balaban J connectivity index is 1.44. The van der Waals surface area contributed by atoms with Gasteiger partial charge in [0, 0.05) is 23.8 Å². The topological polar surface area (TPSA) is 142 Å². The summed E-state index contributed by atoms with van der Waals surface area (Å²) in [6.45, 7) is 4.41. The number of hydrogen-bond acceptors (Lipinski definition) is 6. The average molecular weight is 494 g/mol. The SMILES string of the molecule is CC1(C)CC([C@@H]2NC(=O)N(c3ccc(C#N)c4ncccc34)C2=O)N(C(=O)Nc2ccc(C#N)cc2)C1. The summed E-state index contributed by atoms with van der Waals surface area (Å²) in [6, 6.07) is 14.6. The second-order valence-electron chi connectivity index (χ2n) is 9.93. The van der Waals surface area contributed by atoms with Crippen LogP contribution in [0.1, 0.15) is 31.4 Å². The number of nitrogens with zero attached hydrogens (tertiary/aromatic N) is 5. The van der Waals surface area contributed by atoms with Gasteiger partial charge in [0.05, 0.1) is 34.4 Å². The molecular formula is C27H23N7O3. The number of hydrogen-bond donors (Lipinski definition) is 2. The summed E-state index contributed by atoms with van der Waals surface area (Å²) in [5.41, 5.74) is 1.78. The van der Waals surface area contributed by atoms with Crippen LogP contribution in [0.2, 0.25) is 0 Å². The zero-order valence-corrected chi connectivity index (χ0v) is 20.2. The molecule has 37 heavy (non-hydrogen) atoms. The molecule has 2 fully saturated rings. The third-order valence-electron chi connectivity index (χ3n) is 6.75. The first-order valence-corrected chi connectivity index (χ1v) is 11.7. The van der Waals surface area contributed by atoms with E-state index in [-0.39, 0.29) is 5.41 Å². The van der Waals surface area contributed by atoms with E-state index in [4.69, 9.17) is 5.26 Å². The van der Waals surface area contributed by atoms with Gasteiger partial charge in [-0.15, -0.1) is 0 Å². The predicted molar refractivity (Wildman–Crippen MR) is 135 cm³/mol. The van der Waals surface area contributed by atoms with Gasteiger partial charge in [0.15, 0.2) is 0 Å². The second-order valence-corrected chi connectivity index (χ2v) is 9.93. The lowest BCUT2D eigenvalue weighted by Gasteiger charge is -2.28. The fourth-order valence-electron chi connectivity index (χ4n) is 5.09. The summed E-state index contributed by atoms with van der Waals surface area (Å²) in [6.07, 6.45) is 2.06. The van der Waals surface area contributed by atoms with Crippen molar-refractivity contribution in [3.8, 4) is 12.1 Å². The van der Waals surface area contributed by atoms with E-state index in [2.05, 4.69) is 21.7 Å². The minimum Gasteiger partial charge on any atom is -0.323 e. The van der Waals surface area contributed by atoms with E-state index in [1.807, 2.05) is 19.9 Å². The van der Waals surface area contributed by atoms with Gasteiger partial charge in [0.2, 0.25) is 0 Å². The van der Waals surface area contributed by atoms with Gasteiger partial charge in [0.1, 0.15) is 12.1 Å². The Morgan fingerprint density at radius 2 is 1.86 bits per heavy atom. The van der Waals surface area contributed by atoms with Crippen molar-refractivity contribution >= 4 is 40.2 Å². The fraction of sp³-hybridized carbons (Fsp3) is 0.259. The summed E-state index contributed by atoms with van der Waals surface area (Å²) in [7, 11) is 0. The minimum absolute atomic E-state index is 0.282. The van der Waals surface area contributed by atoms with Crippen molar-refractivity contribution in [2.24, 2.45) is 5.41 Å².